The second-order valence-electron chi connectivity index (χ2n) is 10.4. The third-order valence-corrected chi connectivity index (χ3v) is 7.18. The van der Waals surface area contributed by atoms with Crippen molar-refractivity contribution >= 4 is 5.97 Å². The van der Waals surface area contributed by atoms with Gasteiger partial charge in [-0.1, -0.05) is 168 Å². The quantitative estimate of drug-likeness (QED) is 0.126. The van der Waals surface area contributed by atoms with E-state index in [9.17, 15) is 4.79 Å². The Bertz CT molecular complexity index is 366. The number of aliphatic carboxylic acids is 1. The van der Waals surface area contributed by atoms with Crippen molar-refractivity contribution in [3.8, 4) is 0 Å². The maximum atomic E-state index is 10.5. The van der Waals surface area contributed by atoms with Crippen LogP contribution in [0.25, 0.3) is 0 Å². The minimum Gasteiger partial charge on any atom is -0.481 e. The molecule has 0 aromatic rings. The second-order valence-corrected chi connectivity index (χ2v) is 10.4. The van der Waals surface area contributed by atoms with Gasteiger partial charge < -0.3 is 5.11 Å². The summed E-state index contributed by atoms with van der Waals surface area (Å²) < 4.78 is 0. The molecule has 1 unspecified atom stereocenters. The van der Waals surface area contributed by atoms with Gasteiger partial charge in [0.1, 0.15) is 0 Å². The number of unbranched alkanes of at least 4 members (excludes halogenated alkanes) is 19. The molecule has 0 aromatic carbocycles. The number of carboxylic acid groups (broad SMARTS) is 1. The van der Waals surface area contributed by atoms with E-state index < -0.39 is 5.97 Å². The molecule has 0 aliphatic rings. The van der Waals surface area contributed by atoms with E-state index in [1.165, 1.54) is 148 Å². The first-order valence-corrected chi connectivity index (χ1v) is 14.9. The molecular weight excluding hydrogens is 392 g/mol. The van der Waals surface area contributed by atoms with Crippen LogP contribution >= 0.6 is 0 Å². The summed E-state index contributed by atoms with van der Waals surface area (Å²) in [5.41, 5.74) is 0. The Balaban J connectivity index is 3.77. The maximum Gasteiger partial charge on any atom is 0.303 e. The van der Waals surface area contributed by atoms with Crippen molar-refractivity contribution in [1.82, 2.24) is 0 Å². The van der Waals surface area contributed by atoms with E-state index in [2.05, 4.69) is 13.8 Å². The fraction of sp³-hybridized carbons (Fsp3) is 0.967. The second kappa shape index (κ2) is 26.7. The summed E-state index contributed by atoms with van der Waals surface area (Å²) in [5, 5.41) is 8.67. The highest BCUT2D eigenvalue weighted by Gasteiger charge is 2.09. The zero-order valence-electron chi connectivity index (χ0n) is 22.3. The summed E-state index contributed by atoms with van der Waals surface area (Å²) in [7, 11) is 0. The first kappa shape index (κ1) is 31.5. The zero-order chi connectivity index (χ0) is 23.5. The molecule has 0 spiro atoms. The van der Waals surface area contributed by atoms with E-state index in [0.29, 0.717) is 6.42 Å². The van der Waals surface area contributed by atoms with Gasteiger partial charge in [-0.15, -0.1) is 0 Å². The van der Waals surface area contributed by atoms with Crippen LogP contribution in [0.5, 0.6) is 0 Å². The van der Waals surface area contributed by atoms with E-state index in [0.717, 1.165) is 18.8 Å². The molecule has 0 aromatic heterocycles. The zero-order valence-corrected chi connectivity index (χ0v) is 22.3. The van der Waals surface area contributed by atoms with Crippen LogP contribution in [-0.2, 0) is 4.79 Å². The van der Waals surface area contributed by atoms with Gasteiger partial charge in [0.25, 0.3) is 0 Å². The van der Waals surface area contributed by atoms with Gasteiger partial charge in [-0.3, -0.25) is 4.79 Å². The minimum atomic E-state index is -0.647. The Kier molecular flexibility index (Phi) is 26.3. The van der Waals surface area contributed by atoms with Gasteiger partial charge in [0, 0.05) is 6.42 Å². The van der Waals surface area contributed by atoms with Gasteiger partial charge in [-0.05, 0) is 12.3 Å². The lowest BCUT2D eigenvalue weighted by molar-refractivity contribution is -0.137. The van der Waals surface area contributed by atoms with Gasteiger partial charge >= 0.3 is 5.97 Å². The van der Waals surface area contributed by atoms with E-state index >= 15 is 0 Å². The van der Waals surface area contributed by atoms with Crippen LogP contribution in [0.4, 0.5) is 0 Å². The number of carbonyl (C=O) groups is 1. The van der Waals surface area contributed by atoms with Gasteiger partial charge in [0.2, 0.25) is 0 Å². The van der Waals surface area contributed by atoms with Crippen molar-refractivity contribution in [2.24, 2.45) is 5.92 Å². The molecule has 0 saturated heterocycles. The summed E-state index contributed by atoms with van der Waals surface area (Å²) in [6.45, 7) is 4.61. The predicted molar refractivity (Wildman–Crippen MR) is 143 cm³/mol. The third kappa shape index (κ3) is 25.7. The molecule has 0 amide bonds. The number of hydrogen-bond acceptors (Lipinski definition) is 1. The Morgan fingerprint density at radius 3 is 1.06 bits per heavy atom. The monoisotopic (exact) mass is 452 g/mol. The van der Waals surface area contributed by atoms with Crippen LogP contribution in [0.1, 0.15) is 181 Å². The predicted octanol–water partition coefficient (Wildman–Crippen LogP) is 10.9. The van der Waals surface area contributed by atoms with Gasteiger partial charge in [-0.25, -0.2) is 0 Å². The Morgan fingerprint density at radius 1 is 0.469 bits per heavy atom. The highest BCUT2D eigenvalue weighted by atomic mass is 16.4. The molecule has 0 saturated carbocycles. The smallest absolute Gasteiger partial charge is 0.303 e. The lowest BCUT2D eigenvalue weighted by atomic mass is 9.89. The van der Waals surface area contributed by atoms with E-state index in [4.69, 9.17) is 5.11 Å². The van der Waals surface area contributed by atoms with Crippen molar-refractivity contribution < 1.29 is 9.90 Å². The summed E-state index contributed by atoms with van der Waals surface area (Å²) in [6.07, 6.45) is 34.9. The lowest BCUT2D eigenvalue weighted by Crippen LogP contribution is -2.01. The number of carboxylic acids is 1. The van der Waals surface area contributed by atoms with Crippen LogP contribution < -0.4 is 0 Å². The van der Waals surface area contributed by atoms with Crippen molar-refractivity contribution in [3.05, 3.63) is 0 Å². The topological polar surface area (TPSA) is 37.3 Å². The molecule has 2 nitrogen and oxygen atoms in total. The van der Waals surface area contributed by atoms with Gasteiger partial charge in [-0.2, -0.15) is 0 Å². The molecular formula is C30H60O2. The van der Waals surface area contributed by atoms with Crippen LogP contribution in [0.15, 0.2) is 0 Å². The first-order chi connectivity index (χ1) is 15.7. The molecule has 1 N–H and O–H groups in total. The Hall–Kier alpha value is -0.530. The van der Waals surface area contributed by atoms with Crippen LogP contribution in [0.2, 0.25) is 0 Å². The fourth-order valence-corrected chi connectivity index (χ4v) is 4.98. The highest BCUT2D eigenvalue weighted by molar-refractivity contribution is 5.66. The molecule has 0 rings (SSSR count). The minimum absolute atomic E-state index is 0.346. The van der Waals surface area contributed by atoms with E-state index in [1.54, 1.807) is 0 Å². The Labute approximate surface area is 202 Å². The third-order valence-electron chi connectivity index (χ3n) is 7.18. The van der Waals surface area contributed by atoms with Crippen LogP contribution in [0.3, 0.4) is 0 Å². The highest BCUT2D eigenvalue weighted by Crippen LogP contribution is 2.25. The van der Waals surface area contributed by atoms with Gasteiger partial charge in [0.15, 0.2) is 0 Å². The summed E-state index contributed by atoms with van der Waals surface area (Å²) in [5.74, 6) is 0.345. The SMILES string of the molecule is CCCCCCCCCC(CCCCCCCC)CCCCCCCCCCCC(=O)O. The molecule has 192 valence electrons. The van der Waals surface area contributed by atoms with Crippen molar-refractivity contribution in [1.29, 1.82) is 0 Å². The fourth-order valence-electron chi connectivity index (χ4n) is 4.98. The van der Waals surface area contributed by atoms with E-state index in [1.807, 2.05) is 0 Å². The molecule has 0 heterocycles. The molecule has 0 aliphatic carbocycles. The van der Waals surface area contributed by atoms with Gasteiger partial charge in [0.05, 0.1) is 0 Å². The van der Waals surface area contributed by atoms with Crippen molar-refractivity contribution in [3.63, 3.8) is 0 Å². The van der Waals surface area contributed by atoms with E-state index in [-0.39, 0.29) is 0 Å². The molecule has 0 radical (unpaired) electrons. The molecule has 0 aliphatic heterocycles. The first-order valence-electron chi connectivity index (χ1n) is 14.9. The molecule has 0 bridgehead atoms. The lowest BCUT2D eigenvalue weighted by Gasteiger charge is -2.17. The maximum absolute atomic E-state index is 10.5. The van der Waals surface area contributed by atoms with Crippen LogP contribution in [0, 0.1) is 5.92 Å². The summed E-state index contributed by atoms with van der Waals surface area (Å²) in [6, 6.07) is 0. The average molecular weight is 453 g/mol. The van der Waals surface area contributed by atoms with Crippen molar-refractivity contribution in [2.45, 2.75) is 181 Å². The molecule has 0 fully saturated rings. The van der Waals surface area contributed by atoms with Crippen LogP contribution in [-0.4, -0.2) is 11.1 Å². The molecule has 32 heavy (non-hydrogen) atoms. The molecule has 1 atom stereocenters. The number of rotatable bonds is 27. The average Bonchev–Trinajstić information content (AvgIpc) is 2.78. The normalized spacial score (nSPS) is 12.3. The molecule has 2 heteroatoms. The Morgan fingerprint density at radius 2 is 0.750 bits per heavy atom. The standard InChI is InChI=1S/C30H60O2/c1-3-5-7-9-14-18-22-26-29(25-21-17-10-8-6-4-2)27-23-19-15-12-11-13-16-20-24-28-30(31)32/h29H,3-28H2,1-2H3,(H,31,32). The van der Waals surface area contributed by atoms with Crippen molar-refractivity contribution in [2.75, 3.05) is 0 Å². The summed E-state index contributed by atoms with van der Waals surface area (Å²) in [4.78, 5) is 10.5. The largest absolute Gasteiger partial charge is 0.481 e. The summed E-state index contributed by atoms with van der Waals surface area (Å²) >= 11 is 0. The number of hydrogen-bond donors (Lipinski definition) is 1.